The summed E-state index contributed by atoms with van der Waals surface area (Å²) in [7, 11) is 0. The molecular formula is C8H3Br3F3NO. The molecule has 0 aliphatic heterocycles. The largest absolute Gasteiger partial charge is 0.471 e. The molecule has 0 atom stereocenters. The minimum Gasteiger partial charge on any atom is -0.316 e. The third-order valence-electron chi connectivity index (χ3n) is 1.50. The van der Waals surface area contributed by atoms with E-state index in [2.05, 4.69) is 47.8 Å². The van der Waals surface area contributed by atoms with Gasteiger partial charge in [0.25, 0.3) is 0 Å². The van der Waals surface area contributed by atoms with E-state index in [9.17, 15) is 18.0 Å². The van der Waals surface area contributed by atoms with Gasteiger partial charge in [0, 0.05) is 13.4 Å². The second-order valence-corrected chi connectivity index (χ2v) is 5.32. The van der Waals surface area contributed by atoms with Crippen molar-refractivity contribution in [2.75, 3.05) is 5.32 Å². The SMILES string of the molecule is O=C(Nc1c(Br)cc(Br)cc1Br)C(F)(F)F. The van der Waals surface area contributed by atoms with E-state index >= 15 is 0 Å². The van der Waals surface area contributed by atoms with Crippen LogP contribution < -0.4 is 5.32 Å². The van der Waals surface area contributed by atoms with Crippen molar-refractivity contribution in [3.05, 3.63) is 25.6 Å². The molecule has 0 bridgehead atoms. The number of anilines is 1. The zero-order valence-corrected chi connectivity index (χ0v) is 12.1. The van der Waals surface area contributed by atoms with Gasteiger partial charge in [0.1, 0.15) is 0 Å². The van der Waals surface area contributed by atoms with Crippen molar-refractivity contribution in [1.82, 2.24) is 0 Å². The number of alkyl halides is 3. The van der Waals surface area contributed by atoms with Crippen molar-refractivity contribution >= 4 is 59.4 Å². The van der Waals surface area contributed by atoms with E-state index in [-0.39, 0.29) is 5.69 Å². The number of carbonyl (C=O) groups is 1. The summed E-state index contributed by atoms with van der Waals surface area (Å²) in [6, 6.07) is 3.05. The van der Waals surface area contributed by atoms with Crippen LogP contribution in [0.15, 0.2) is 25.6 Å². The smallest absolute Gasteiger partial charge is 0.316 e. The standard InChI is InChI=1S/C8H3Br3F3NO/c9-3-1-4(10)6(5(11)2-3)15-7(16)8(12,13)14/h1-2H,(H,15,16). The molecule has 0 spiro atoms. The molecule has 0 saturated heterocycles. The number of halogens is 6. The summed E-state index contributed by atoms with van der Waals surface area (Å²) in [5.41, 5.74) is 0.0329. The molecule has 0 heterocycles. The van der Waals surface area contributed by atoms with Gasteiger partial charge in [-0.15, -0.1) is 0 Å². The molecule has 1 aromatic rings. The van der Waals surface area contributed by atoms with Gasteiger partial charge >= 0.3 is 12.1 Å². The molecule has 1 rings (SSSR count). The van der Waals surface area contributed by atoms with Gasteiger partial charge in [-0.25, -0.2) is 0 Å². The van der Waals surface area contributed by atoms with Crippen molar-refractivity contribution in [1.29, 1.82) is 0 Å². The molecule has 0 aliphatic carbocycles. The summed E-state index contributed by atoms with van der Waals surface area (Å²) in [6.07, 6.45) is -4.91. The average molecular weight is 426 g/mol. The third kappa shape index (κ3) is 3.46. The first-order valence-corrected chi connectivity index (χ1v) is 6.12. The quantitative estimate of drug-likeness (QED) is 0.706. The minimum absolute atomic E-state index is 0.0329. The molecule has 8 heteroatoms. The number of benzene rings is 1. The Balaban J connectivity index is 3.03. The Bertz CT molecular complexity index is 410. The molecule has 0 saturated carbocycles. The number of carbonyl (C=O) groups excluding carboxylic acids is 1. The van der Waals surface area contributed by atoms with Crippen molar-refractivity contribution < 1.29 is 18.0 Å². The van der Waals surface area contributed by atoms with Crippen LogP contribution in [0.2, 0.25) is 0 Å². The van der Waals surface area contributed by atoms with E-state index in [0.717, 1.165) is 0 Å². The van der Waals surface area contributed by atoms with Crippen molar-refractivity contribution in [3.8, 4) is 0 Å². The Morgan fingerprint density at radius 3 is 1.94 bits per heavy atom. The molecule has 0 aliphatic rings. The highest BCUT2D eigenvalue weighted by Crippen LogP contribution is 2.35. The highest BCUT2D eigenvalue weighted by molar-refractivity contribution is 9.11. The van der Waals surface area contributed by atoms with Gasteiger partial charge in [0.2, 0.25) is 0 Å². The summed E-state index contributed by atoms with van der Waals surface area (Å²) in [4.78, 5) is 10.7. The predicted molar refractivity (Wildman–Crippen MR) is 64.2 cm³/mol. The lowest BCUT2D eigenvalue weighted by molar-refractivity contribution is -0.167. The molecular weight excluding hydrogens is 423 g/mol. The molecule has 88 valence electrons. The lowest BCUT2D eigenvalue weighted by Gasteiger charge is -2.11. The van der Waals surface area contributed by atoms with Crippen molar-refractivity contribution in [2.45, 2.75) is 6.18 Å². The lowest BCUT2D eigenvalue weighted by Crippen LogP contribution is -2.30. The van der Waals surface area contributed by atoms with Crippen LogP contribution >= 0.6 is 47.8 Å². The maximum absolute atomic E-state index is 12.0. The van der Waals surface area contributed by atoms with Crippen LogP contribution in [0.5, 0.6) is 0 Å². The van der Waals surface area contributed by atoms with Crippen LogP contribution in [0.3, 0.4) is 0 Å². The number of hydrogen-bond acceptors (Lipinski definition) is 1. The monoisotopic (exact) mass is 423 g/mol. The van der Waals surface area contributed by atoms with Crippen LogP contribution in [0.25, 0.3) is 0 Å². The summed E-state index contributed by atoms with van der Waals surface area (Å²) in [5.74, 6) is -2.02. The van der Waals surface area contributed by atoms with Crippen LogP contribution in [0.1, 0.15) is 0 Å². The van der Waals surface area contributed by atoms with Gasteiger partial charge in [0.05, 0.1) is 5.69 Å². The Labute approximate surface area is 114 Å². The summed E-state index contributed by atoms with van der Waals surface area (Å²) in [5, 5.41) is 1.77. The van der Waals surface area contributed by atoms with E-state index in [0.29, 0.717) is 13.4 Å². The molecule has 1 amide bonds. The molecule has 16 heavy (non-hydrogen) atoms. The lowest BCUT2D eigenvalue weighted by atomic mass is 10.3. The fourth-order valence-corrected chi connectivity index (χ4v) is 3.30. The fraction of sp³-hybridized carbons (Fsp3) is 0.125. The van der Waals surface area contributed by atoms with Gasteiger partial charge in [-0.05, 0) is 44.0 Å². The molecule has 0 radical (unpaired) electrons. The Morgan fingerprint density at radius 2 is 1.56 bits per heavy atom. The molecule has 2 nitrogen and oxygen atoms in total. The van der Waals surface area contributed by atoms with E-state index < -0.39 is 12.1 Å². The normalized spacial score (nSPS) is 11.4. The van der Waals surface area contributed by atoms with Crippen LogP contribution in [0, 0.1) is 0 Å². The van der Waals surface area contributed by atoms with Crippen LogP contribution in [-0.2, 0) is 4.79 Å². The summed E-state index contributed by atoms with van der Waals surface area (Å²) in [6.45, 7) is 0. The van der Waals surface area contributed by atoms with Gasteiger partial charge in [-0.2, -0.15) is 13.2 Å². The molecule has 1 aromatic carbocycles. The number of hydrogen-bond donors (Lipinski definition) is 1. The summed E-state index contributed by atoms with van der Waals surface area (Å²) >= 11 is 9.26. The van der Waals surface area contributed by atoms with Crippen LogP contribution in [-0.4, -0.2) is 12.1 Å². The zero-order chi connectivity index (χ0) is 12.5. The average Bonchev–Trinajstić information content (AvgIpc) is 2.08. The van der Waals surface area contributed by atoms with Crippen molar-refractivity contribution in [2.24, 2.45) is 0 Å². The van der Waals surface area contributed by atoms with E-state index in [1.807, 2.05) is 0 Å². The number of rotatable bonds is 1. The maximum Gasteiger partial charge on any atom is 0.471 e. The minimum atomic E-state index is -4.91. The van der Waals surface area contributed by atoms with Crippen molar-refractivity contribution in [3.63, 3.8) is 0 Å². The number of amides is 1. The highest BCUT2D eigenvalue weighted by atomic mass is 79.9. The molecule has 0 fully saturated rings. The Hall–Kier alpha value is -0.0800. The number of nitrogens with one attached hydrogen (secondary N) is 1. The highest BCUT2D eigenvalue weighted by Gasteiger charge is 2.39. The van der Waals surface area contributed by atoms with E-state index in [1.165, 1.54) is 12.1 Å². The van der Waals surface area contributed by atoms with Gasteiger partial charge in [-0.1, -0.05) is 15.9 Å². The molecule has 0 aromatic heterocycles. The Kier molecular flexibility index (Phi) is 4.42. The first-order chi connectivity index (χ1) is 7.21. The fourth-order valence-electron chi connectivity index (χ4n) is 0.846. The predicted octanol–water partition coefficient (Wildman–Crippen LogP) is 4.47. The van der Waals surface area contributed by atoms with Gasteiger partial charge < -0.3 is 5.32 Å². The maximum atomic E-state index is 12.0. The topological polar surface area (TPSA) is 29.1 Å². The molecule has 1 N–H and O–H groups in total. The second kappa shape index (κ2) is 5.05. The van der Waals surface area contributed by atoms with Gasteiger partial charge in [-0.3, -0.25) is 4.79 Å². The zero-order valence-electron chi connectivity index (χ0n) is 7.33. The van der Waals surface area contributed by atoms with E-state index in [4.69, 9.17) is 0 Å². The first kappa shape index (κ1) is 14.0. The molecule has 0 unspecified atom stereocenters. The second-order valence-electron chi connectivity index (χ2n) is 2.70. The summed E-state index contributed by atoms with van der Waals surface area (Å²) < 4.78 is 37.4. The van der Waals surface area contributed by atoms with Crippen LogP contribution in [0.4, 0.5) is 18.9 Å². The third-order valence-corrected chi connectivity index (χ3v) is 3.21. The Morgan fingerprint density at radius 1 is 1.12 bits per heavy atom. The first-order valence-electron chi connectivity index (χ1n) is 3.74. The van der Waals surface area contributed by atoms with E-state index in [1.54, 1.807) is 5.32 Å². The van der Waals surface area contributed by atoms with Gasteiger partial charge in [0.15, 0.2) is 0 Å².